The van der Waals surface area contributed by atoms with Gasteiger partial charge in [0.25, 0.3) is 5.91 Å². The molecular formula is C23H22N4O4. The van der Waals surface area contributed by atoms with Gasteiger partial charge in [-0.25, -0.2) is 0 Å². The number of anilines is 2. The maximum Gasteiger partial charge on any atom is 0.325 e. The molecule has 8 nitrogen and oxygen atoms in total. The van der Waals surface area contributed by atoms with E-state index in [2.05, 4.69) is 5.32 Å². The number of carbonyl (C=O) groups is 3. The summed E-state index contributed by atoms with van der Waals surface area (Å²) in [4.78, 5) is 40.2. The van der Waals surface area contributed by atoms with Crippen LogP contribution in [0.15, 0.2) is 59.9 Å². The summed E-state index contributed by atoms with van der Waals surface area (Å²) < 4.78 is 4.98. The van der Waals surface area contributed by atoms with Gasteiger partial charge in [0, 0.05) is 19.7 Å². The number of ketones is 1. The van der Waals surface area contributed by atoms with Gasteiger partial charge in [0.1, 0.15) is 24.0 Å². The van der Waals surface area contributed by atoms with Crippen LogP contribution < -0.4 is 15.1 Å². The van der Waals surface area contributed by atoms with Crippen LogP contribution in [0.1, 0.15) is 15.9 Å². The number of fused-ring (bicyclic) bond motifs is 1. The van der Waals surface area contributed by atoms with E-state index in [-0.39, 0.29) is 12.1 Å². The first-order valence-electron chi connectivity index (χ1n) is 9.58. The lowest BCUT2D eigenvalue weighted by molar-refractivity contribution is -0.145. The van der Waals surface area contributed by atoms with E-state index in [4.69, 9.17) is 4.74 Å². The number of carbonyl (C=O) groups excluding carboxylic acids is 3. The quantitative estimate of drug-likeness (QED) is 0.436. The Bertz CT molecular complexity index is 1090. The number of Topliss-reactive ketones (excluding diaryl/α,β-unsaturated/α-hetero) is 1. The monoisotopic (exact) mass is 418 g/mol. The first-order chi connectivity index (χ1) is 14.8. The predicted molar refractivity (Wildman–Crippen MR) is 115 cm³/mol. The summed E-state index contributed by atoms with van der Waals surface area (Å²) in [6, 6.07) is 16.4. The van der Waals surface area contributed by atoms with Crippen molar-refractivity contribution < 1.29 is 19.1 Å². The van der Waals surface area contributed by atoms with Crippen molar-refractivity contribution in [3.05, 3.63) is 71.1 Å². The van der Waals surface area contributed by atoms with E-state index < -0.39 is 24.3 Å². The summed E-state index contributed by atoms with van der Waals surface area (Å²) in [5.74, 6) is -1.40. The molecular weight excluding hydrogens is 396 g/mol. The predicted octanol–water partition coefficient (Wildman–Crippen LogP) is 2.16. The Hall–Kier alpha value is -4.12. The van der Waals surface area contributed by atoms with Crippen molar-refractivity contribution in [3.63, 3.8) is 0 Å². The molecule has 0 aliphatic carbocycles. The molecule has 1 N–H and O–H groups in total. The van der Waals surface area contributed by atoms with Gasteiger partial charge in [-0.15, -0.1) is 0 Å². The number of ether oxygens (including phenoxy) is 1. The van der Waals surface area contributed by atoms with Crippen LogP contribution in [0, 0.1) is 18.3 Å². The Morgan fingerprint density at radius 3 is 2.26 bits per heavy atom. The highest BCUT2D eigenvalue weighted by molar-refractivity contribution is 6.04. The summed E-state index contributed by atoms with van der Waals surface area (Å²) >= 11 is 0. The van der Waals surface area contributed by atoms with Crippen LogP contribution in [0.2, 0.25) is 0 Å². The van der Waals surface area contributed by atoms with Crippen LogP contribution >= 0.6 is 0 Å². The number of amides is 1. The molecule has 158 valence electrons. The Morgan fingerprint density at radius 2 is 1.68 bits per heavy atom. The average Bonchev–Trinajstić information content (AvgIpc) is 3.02. The number of aryl methyl sites for hydroxylation is 1. The van der Waals surface area contributed by atoms with Gasteiger partial charge in [-0.05, 0) is 31.2 Å². The van der Waals surface area contributed by atoms with E-state index in [1.54, 1.807) is 42.1 Å². The van der Waals surface area contributed by atoms with E-state index in [9.17, 15) is 19.6 Å². The molecule has 0 radical (unpaired) electrons. The van der Waals surface area contributed by atoms with E-state index in [1.807, 2.05) is 43.3 Å². The summed E-state index contributed by atoms with van der Waals surface area (Å²) in [5.41, 5.74) is 2.94. The van der Waals surface area contributed by atoms with Gasteiger partial charge >= 0.3 is 5.97 Å². The Morgan fingerprint density at radius 1 is 1.03 bits per heavy atom. The largest absolute Gasteiger partial charge is 0.456 e. The van der Waals surface area contributed by atoms with Crippen molar-refractivity contribution in [1.29, 1.82) is 5.26 Å². The number of hydrogen-bond donors (Lipinski definition) is 1. The molecule has 1 amide bonds. The molecule has 0 atom stereocenters. The molecule has 0 aromatic heterocycles. The number of esters is 1. The fourth-order valence-corrected chi connectivity index (χ4v) is 3.37. The van der Waals surface area contributed by atoms with Crippen molar-refractivity contribution in [2.75, 3.05) is 37.0 Å². The number of nitriles is 1. The van der Waals surface area contributed by atoms with Gasteiger partial charge in [-0.1, -0.05) is 29.8 Å². The molecule has 3 rings (SSSR count). The molecule has 8 heteroatoms. The second-order valence-electron chi connectivity index (χ2n) is 7.05. The molecule has 0 spiro atoms. The average molecular weight is 418 g/mol. The van der Waals surface area contributed by atoms with Gasteiger partial charge < -0.3 is 19.9 Å². The van der Waals surface area contributed by atoms with Crippen LogP contribution in [0.5, 0.6) is 0 Å². The van der Waals surface area contributed by atoms with Crippen LogP contribution in [-0.2, 0) is 14.3 Å². The normalized spacial score (nSPS) is 12.1. The summed E-state index contributed by atoms with van der Waals surface area (Å²) in [6.45, 7) is 0.878. The van der Waals surface area contributed by atoms with Crippen molar-refractivity contribution in [3.8, 4) is 6.07 Å². The zero-order valence-corrected chi connectivity index (χ0v) is 17.5. The maximum atomic E-state index is 12.6. The number of benzene rings is 2. The first kappa shape index (κ1) is 21.6. The molecule has 0 saturated heterocycles. The highest BCUT2D eigenvalue weighted by Crippen LogP contribution is 2.40. The lowest BCUT2D eigenvalue weighted by Crippen LogP contribution is -2.32. The molecule has 1 aliphatic rings. The Kier molecular flexibility index (Phi) is 6.36. The highest BCUT2D eigenvalue weighted by Gasteiger charge is 2.31. The van der Waals surface area contributed by atoms with Crippen LogP contribution in [0.4, 0.5) is 11.4 Å². The minimum atomic E-state index is -0.770. The van der Waals surface area contributed by atoms with Crippen LogP contribution in [0.25, 0.3) is 0 Å². The number of para-hydroxylation sites is 2. The molecule has 1 heterocycles. The van der Waals surface area contributed by atoms with Gasteiger partial charge in [0.05, 0.1) is 11.4 Å². The highest BCUT2D eigenvalue weighted by atomic mass is 16.5. The third kappa shape index (κ3) is 4.56. The van der Waals surface area contributed by atoms with Crippen molar-refractivity contribution >= 4 is 29.0 Å². The smallest absolute Gasteiger partial charge is 0.325 e. The minimum Gasteiger partial charge on any atom is -0.456 e. The molecule has 0 bridgehead atoms. The number of hydrogen-bond acceptors (Lipinski definition) is 7. The lowest BCUT2D eigenvalue weighted by atomic mass is 10.1. The molecule has 0 fully saturated rings. The van der Waals surface area contributed by atoms with Gasteiger partial charge in [-0.2, -0.15) is 5.26 Å². The van der Waals surface area contributed by atoms with E-state index in [0.29, 0.717) is 11.4 Å². The van der Waals surface area contributed by atoms with Crippen molar-refractivity contribution in [2.24, 2.45) is 0 Å². The number of rotatable bonds is 6. The fraction of sp³-hybridized carbons (Fsp3) is 0.217. The second-order valence-corrected chi connectivity index (χ2v) is 7.05. The van der Waals surface area contributed by atoms with Gasteiger partial charge in [0.15, 0.2) is 6.61 Å². The molecule has 31 heavy (non-hydrogen) atoms. The molecule has 0 unspecified atom stereocenters. The third-order valence-corrected chi connectivity index (χ3v) is 4.89. The standard InChI is InChI=1S/C23H22N4O4/c1-15-7-6-8-16(11-15)22(30)25-13-21(29)31-14-20(28)17(12-24)23-26(2)18-9-4-5-10-19(18)27(23)3/h4-11H,13-14H2,1-3H3,(H,25,30). The SMILES string of the molecule is Cc1cccc(C(=O)NCC(=O)OCC(=O)C(C#N)=C2N(C)c3ccccc3N2C)c1. The molecule has 2 aromatic rings. The van der Waals surface area contributed by atoms with Gasteiger partial charge in [-0.3, -0.25) is 14.4 Å². The molecule has 1 aliphatic heterocycles. The van der Waals surface area contributed by atoms with Crippen molar-refractivity contribution in [2.45, 2.75) is 6.92 Å². The topological polar surface area (TPSA) is 103 Å². The number of nitrogens with one attached hydrogen (secondary N) is 1. The summed E-state index contributed by atoms with van der Waals surface area (Å²) in [6.07, 6.45) is 0. The third-order valence-electron chi connectivity index (χ3n) is 4.89. The summed E-state index contributed by atoms with van der Waals surface area (Å²) in [7, 11) is 3.52. The first-order valence-corrected chi connectivity index (χ1v) is 9.58. The Labute approximate surface area is 180 Å². The fourth-order valence-electron chi connectivity index (χ4n) is 3.37. The van der Waals surface area contributed by atoms with E-state index >= 15 is 0 Å². The molecule has 0 saturated carbocycles. The number of nitrogens with zero attached hydrogens (tertiary/aromatic N) is 3. The van der Waals surface area contributed by atoms with Crippen molar-refractivity contribution in [1.82, 2.24) is 5.32 Å². The maximum absolute atomic E-state index is 12.6. The van der Waals surface area contributed by atoms with Gasteiger partial charge in [0.2, 0.25) is 5.78 Å². The second kappa shape index (κ2) is 9.13. The molecule has 2 aromatic carbocycles. The van der Waals surface area contributed by atoms with Crippen LogP contribution in [-0.4, -0.2) is 44.9 Å². The zero-order valence-electron chi connectivity index (χ0n) is 17.5. The Balaban J connectivity index is 1.61. The summed E-state index contributed by atoms with van der Waals surface area (Å²) in [5, 5.41) is 12.0. The lowest BCUT2D eigenvalue weighted by Gasteiger charge is -2.19. The minimum absolute atomic E-state index is 0.113. The van der Waals surface area contributed by atoms with Crippen LogP contribution in [0.3, 0.4) is 0 Å². The van der Waals surface area contributed by atoms with E-state index in [0.717, 1.165) is 16.9 Å². The zero-order chi connectivity index (χ0) is 22.5. The van der Waals surface area contributed by atoms with E-state index in [1.165, 1.54) is 0 Å².